The fourth-order valence-corrected chi connectivity index (χ4v) is 1.29. The van der Waals surface area contributed by atoms with Crippen LogP contribution in [-0.2, 0) is 0 Å². The molecule has 1 heterocycles. The first kappa shape index (κ1) is 11.8. The topological polar surface area (TPSA) is 85.4 Å². The van der Waals surface area contributed by atoms with Crippen molar-refractivity contribution in [2.45, 2.75) is 0 Å². The Bertz CT molecular complexity index is 602. The fraction of sp³-hybridized carbons (Fsp3) is 0. The number of carboxylic acid groups (broad SMARTS) is 1. The van der Waals surface area contributed by atoms with E-state index in [1.165, 1.54) is 30.3 Å². The quantitative estimate of drug-likeness (QED) is 0.870. The van der Waals surface area contributed by atoms with Gasteiger partial charge < -0.3 is 15.6 Å². The number of carboxylic acids is 1. The summed E-state index contributed by atoms with van der Waals surface area (Å²) in [5.74, 6) is -1.54. The lowest BCUT2D eigenvalue weighted by Gasteiger charge is -2.07. The lowest BCUT2D eigenvalue weighted by Crippen LogP contribution is -2.03. The fourth-order valence-electron chi connectivity index (χ4n) is 1.29. The Balaban J connectivity index is 2.33. The number of nitrogen functional groups attached to an aromatic ring is 1. The number of benzene rings is 1. The van der Waals surface area contributed by atoms with Crippen LogP contribution < -0.4 is 10.5 Å². The molecule has 5 nitrogen and oxygen atoms in total. The number of hydrogen-bond donors (Lipinski definition) is 2. The van der Waals surface area contributed by atoms with Crippen molar-refractivity contribution in [1.82, 2.24) is 4.98 Å². The zero-order chi connectivity index (χ0) is 13.1. The molecule has 92 valence electrons. The molecule has 6 heteroatoms. The molecule has 0 spiro atoms. The van der Waals surface area contributed by atoms with Crippen LogP contribution >= 0.6 is 0 Å². The molecule has 0 aliphatic heterocycles. The van der Waals surface area contributed by atoms with Crippen molar-refractivity contribution in [3.05, 3.63) is 47.9 Å². The van der Waals surface area contributed by atoms with Crippen molar-refractivity contribution in [2.75, 3.05) is 5.73 Å². The number of ether oxygens (including phenoxy) is 1. The molecular formula is C12H9FN2O3. The van der Waals surface area contributed by atoms with Crippen LogP contribution in [0.5, 0.6) is 11.6 Å². The molecular weight excluding hydrogens is 239 g/mol. The van der Waals surface area contributed by atoms with Crippen LogP contribution in [0.2, 0.25) is 0 Å². The van der Waals surface area contributed by atoms with E-state index in [4.69, 9.17) is 15.6 Å². The van der Waals surface area contributed by atoms with Crippen LogP contribution in [-0.4, -0.2) is 16.1 Å². The molecule has 0 saturated carbocycles. The van der Waals surface area contributed by atoms with Gasteiger partial charge in [-0.15, -0.1) is 0 Å². The summed E-state index contributed by atoms with van der Waals surface area (Å²) in [7, 11) is 0. The Morgan fingerprint density at radius 2 is 2.11 bits per heavy atom. The van der Waals surface area contributed by atoms with Gasteiger partial charge in [0.1, 0.15) is 11.6 Å². The van der Waals surface area contributed by atoms with E-state index < -0.39 is 11.8 Å². The van der Waals surface area contributed by atoms with Crippen molar-refractivity contribution in [2.24, 2.45) is 0 Å². The molecule has 0 bridgehead atoms. The normalized spacial score (nSPS) is 10.1. The molecule has 18 heavy (non-hydrogen) atoms. The second kappa shape index (κ2) is 4.70. The lowest BCUT2D eigenvalue weighted by molar-refractivity contribution is 0.0689. The molecule has 0 aliphatic carbocycles. The minimum atomic E-state index is -1.20. The van der Waals surface area contributed by atoms with Crippen LogP contribution in [0.1, 0.15) is 10.5 Å². The smallest absolute Gasteiger partial charge is 0.354 e. The first-order valence-electron chi connectivity index (χ1n) is 4.99. The number of rotatable bonds is 3. The van der Waals surface area contributed by atoms with E-state index in [2.05, 4.69) is 4.98 Å². The SMILES string of the molecule is Nc1ccc(C(=O)O)nc1Oc1cccc(F)c1. The Morgan fingerprint density at radius 3 is 2.78 bits per heavy atom. The lowest BCUT2D eigenvalue weighted by atomic mass is 10.3. The highest BCUT2D eigenvalue weighted by Crippen LogP contribution is 2.25. The zero-order valence-corrected chi connectivity index (χ0v) is 9.13. The maximum atomic E-state index is 13.0. The van der Waals surface area contributed by atoms with Crippen molar-refractivity contribution < 1.29 is 19.0 Å². The van der Waals surface area contributed by atoms with Gasteiger partial charge in [-0.1, -0.05) is 6.07 Å². The van der Waals surface area contributed by atoms with E-state index in [9.17, 15) is 9.18 Å². The predicted octanol–water partition coefficient (Wildman–Crippen LogP) is 2.29. The molecule has 0 fully saturated rings. The maximum absolute atomic E-state index is 13.0. The van der Waals surface area contributed by atoms with Crippen LogP contribution in [0.3, 0.4) is 0 Å². The van der Waals surface area contributed by atoms with Crippen molar-refractivity contribution in [3.8, 4) is 11.6 Å². The Labute approximate surface area is 102 Å². The summed E-state index contributed by atoms with van der Waals surface area (Å²) < 4.78 is 18.2. The zero-order valence-electron chi connectivity index (χ0n) is 9.13. The molecule has 0 aliphatic rings. The summed E-state index contributed by atoms with van der Waals surface area (Å²) in [4.78, 5) is 14.5. The third kappa shape index (κ3) is 2.54. The largest absolute Gasteiger partial charge is 0.477 e. The molecule has 3 N–H and O–H groups in total. The molecule has 0 atom stereocenters. The van der Waals surface area contributed by atoms with Gasteiger partial charge >= 0.3 is 5.97 Å². The number of carbonyl (C=O) groups is 1. The number of halogens is 1. The number of anilines is 1. The average molecular weight is 248 g/mol. The van der Waals surface area contributed by atoms with E-state index in [1.807, 2.05) is 0 Å². The van der Waals surface area contributed by atoms with Gasteiger partial charge in [-0.2, -0.15) is 0 Å². The highest BCUT2D eigenvalue weighted by atomic mass is 19.1. The number of nitrogens with zero attached hydrogens (tertiary/aromatic N) is 1. The second-order valence-corrected chi connectivity index (χ2v) is 3.46. The molecule has 0 saturated heterocycles. The predicted molar refractivity (Wildman–Crippen MR) is 62.1 cm³/mol. The molecule has 2 rings (SSSR count). The van der Waals surface area contributed by atoms with Crippen LogP contribution in [0.4, 0.5) is 10.1 Å². The van der Waals surface area contributed by atoms with Gasteiger partial charge in [0, 0.05) is 6.07 Å². The number of pyridine rings is 1. The number of aromatic carboxylic acids is 1. The molecule has 1 aromatic heterocycles. The Kier molecular flexibility index (Phi) is 3.09. The second-order valence-electron chi connectivity index (χ2n) is 3.46. The van der Waals surface area contributed by atoms with Crippen molar-refractivity contribution >= 4 is 11.7 Å². The molecule has 1 aromatic carbocycles. The van der Waals surface area contributed by atoms with Crippen molar-refractivity contribution in [1.29, 1.82) is 0 Å². The minimum absolute atomic E-state index is 0.0690. The maximum Gasteiger partial charge on any atom is 0.354 e. The summed E-state index contributed by atoms with van der Waals surface area (Å²) >= 11 is 0. The Morgan fingerprint density at radius 1 is 1.33 bits per heavy atom. The van der Waals surface area contributed by atoms with E-state index >= 15 is 0 Å². The van der Waals surface area contributed by atoms with Gasteiger partial charge in [0.25, 0.3) is 0 Å². The average Bonchev–Trinajstić information content (AvgIpc) is 2.31. The number of hydrogen-bond acceptors (Lipinski definition) is 4. The van der Waals surface area contributed by atoms with Gasteiger partial charge in [-0.3, -0.25) is 0 Å². The van der Waals surface area contributed by atoms with Gasteiger partial charge in [0.15, 0.2) is 5.69 Å². The first-order chi connectivity index (χ1) is 8.56. The molecule has 2 aromatic rings. The summed E-state index contributed by atoms with van der Waals surface area (Å²) in [6, 6.07) is 8.01. The van der Waals surface area contributed by atoms with Crippen LogP contribution in [0.15, 0.2) is 36.4 Å². The Hall–Kier alpha value is -2.63. The highest BCUT2D eigenvalue weighted by molar-refractivity contribution is 5.86. The monoisotopic (exact) mass is 248 g/mol. The van der Waals surface area contributed by atoms with Gasteiger partial charge in [-0.25, -0.2) is 14.2 Å². The minimum Gasteiger partial charge on any atom is -0.477 e. The van der Waals surface area contributed by atoms with Crippen molar-refractivity contribution in [3.63, 3.8) is 0 Å². The van der Waals surface area contributed by atoms with E-state index in [1.54, 1.807) is 0 Å². The number of aromatic nitrogens is 1. The molecule has 0 radical (unpaired) electrons. The highest BCUT2D eigenvalue weighted by Gasteiger charge is 2.10. The number of nitrogens with two attached hydrogens (primary N) is 1. The summed E-state index contributed by atoms with van der Waals surface area (Å²) in [5, 5.41) is 8.79. The van der Waals surface area contributed by atoms with E-state index in [0.717, 1.165) is 6.07 Å². The standard InChI is InChI=1S/C12H9FN2O3/c13-7-2-1-3-8(6-7)18-11-9(14)4-5-10(15-11)12(16)17/h1-6H,14H2,(H,16,17). The van der Waals surface area contributed by atoms with Gasteiger partial charge in [0.2, 0.25) is 5.88 Å². The summed E-state index contributed by atoms with van der Waals surface area (Å²) in [6.07, 6.45) is 0. The first-order valence-corrected chi connectivity index (χ1v) is 4.99. The van der Waals surface area contributed by atoms with Crippen LogP contribution in [0, 0.1) is 5.82 Å². The third-order valence-electron chi connectivity index (χ3n) is 2.12. The van der Waals surface area contributed by atoms with Gasteiger partial charge in [-0.05, 0) is 24.3 Å². The molecule has 0 unspecified atom stereocenters. The molecule has 0 amide bonds. The third-order valence-corrected chi connectivity index (χ3v) is 2.12. The summed E-state index contributed by atoms with van der Waals surface area (Å²) in [5.41, 5.74) is 5.57. The van der Waals surface area contributed by atoms with Crippen LogP contribution in [0.25, 0.3) is 0 Å². The van der Waals surface area contributed by atoms with E-state index in [0.29, 0.717) is 0 Å². The van der Waals surface area contributed by atoms with Gasteiger partial charge in [0.05, 0.1) is 5.69 Å². The van der Waals surface area contributed by atoms with E-state index in [-0.39, 0.29) is 23.0 Å². The summed E-state index contributed by atoms with van der Waals surface area (Å²) in [6.45, 7) is 0.